The molecule has 0 saturated heterocycles. The van der Waals surface area contributed by atoms with Gasteiger partial charge in [0, 0.05) is 45.8 Å². The van der Waals surface area contributed by atoms with Crippen LogP contribution < -0.4 is 22.1 Å². The highest BCUT2D eigenvalue weighted by molar-refractivity contribution is 7.99. The van der Waals surface area contributed by atoms with Crippen LogP contribution in [0, 0.1) is 0 Å². The number of alkyl halides is 6. The van der Waals surface area contributed by atoms with E-state index in [0.717, 1.165) is 35.4 Å². The van der Waals surface area contributed by atoms with Crippen molar-refractivity contribution in [2.24, 2.45) is 11.5 Å². The Hall–Kier alpha value is -3.98. The predicted molar refractivity (Wildman–Crippen MR) is 170 cm³/mol. The topological polar surface area (TPSA) is 110 Å². The van der Waals surface area contributed by atoms with E-state index < -0.39 is 35.3 Å². The molecule has 0 aliphatic carbocycles. The van der Waals surface area contributed by atoms with Crippen molar-refractivity contribution in [1.82, 2.24) is 0 Å². The van der Waals surface area contributed by atoms with Crippen LogP contribution >= 0.6 is 23.5 Å². The average Bonchev–Trinajstić information content (AvgIpc) is 3.02. The summed E-state index contributed by atoms with van der Waals surface area (Å²) in [4.78, 5) is 26.7. The van der Waals surface area contributed by atoms with Gasteiger partial charge in [-0.15, -0.1) is 23.5 Å². The molecule has 0 fully saturated rings. The number of benzene rings is 4. The first-order chi connectivity index (χ1) is 21.8. The molecule has 6 N–H and O–H groups in total. The highest BCUT2D eigenvalue weighted by Gasteiger charge is 2.33. The number of carbonyl (C=O) groups excluding carboxylic acids is 2. The molecule has 0 heterocycles. The van der Waals surface area contributed by atoms with Gasteiger partial charge in [-0.05, 0) is 71.8 Å². The van der Waals surface area contributed by atoms with Gasteiger partial charge in [-0.25, -0.2) is 0 Å². The first kappa shape index (κ1) is 34.9. The largest absolute Gasteiger partial charge is 0.416 e. The molecular formula is C32H28F6N4O2S2. The van der Waals surface area contributed by atoms with Crippen molar-refractivity contribution in [3.63, 3.8) is 0 Å². The van der Waals surface area contributed by atoms with E-state index in [4.69, 9.17) is 11.5 Å². The molecule has 0 unspecified atom stereocenters. The third-order valence-corrected chi connectivity index (χ3v) is 8.69. The second-order valence-corrected chi connectivity index (χ2v) is 12.0. The molecule has 14 heteroatoms. The minimum atomic E-state index is -4.61. The zero-order chi connectivity index (χ0) is 33.5. The number of hydrogen-bond acceptors (Lipinski definition) is 6. The van der Waals surface area contributed by atoms with Crippen LogP contribution in [0.2, 0.25) is 0 Å². The number of thioether (sulfide) groups is 2. The summed E-state index contributed by atoms with van der Waals surface area (Å²) in [5.74, 6) is -0.570. The minimum Gasteiger partial charge on any atom is -0.330 e. The van der Waals surface area contributed by atoms with E-state index >= 15 is 0 Å². The van der Waals surface area contributed by atoms with Gasteiger partial charge in [-0.1, -0.05) is 24.3 Å². The van der Waals surface area contributed by atoms with Gasteiger partial charge < -0.3 is 22.1 Å². The third kappa shape index (κ3) is 9.06. The smallest absolute Gasteiger partial charge is 0.330 e. The summed E-state index contributed by atoms with van der Waals surface area (Å²) in [6.07, 6.45) is -9.23. The molecule has 242 valence electrons. The maximum Gasteiger partial charge on any atom is 0.416 e. The van der Waals surface area contributed by atoms with Crippen LogP contribution in [0.25, 0.3) is 11.1 Å². The van der Waals surface area contributed by atoms with E-state index in [-0.39, 0.29) is 24.2 Å². The fourth-order valence-electron chi connectivity index (χ4n) is 4.25. The Bertz CT molecular complexity index is 1550. The van der Waals surface area contributed by atoms with E-state index in [1.54, 1.807) is 48.5 Å². The molecular weight excluding hydrogens is 650 g/mol. The zero-order valence-corrected chi connectivity index (χ0v) is 25.6. The van der Waals surface area contributed by atoms with Gasteiger partial charge in [0.15, 0.2) is 0 Å². The normalized spacial score (nSPS) is 11.7. The maximum atomic E-state index is 13.3. The van der Waals surface area contributed by atoms with Crippen molar-refractivity contribution in [3.8, 4) is 11.1 Å². The standard InChI is InChI=1S/C32H28F6N4O2S2/c33-31(34,35)21-5-11-27(45-15-13-39)25(17-21)29(43)41-23-7-1-19(2-8-23)20-3-9-24(10-4-20)42-30(44)26-18-22(32(36,37)38)6-12-28(26)46-16-14-40/h1-12,17-18H,13-16,39-40H2,(H,41,43)(H,42,44). The van der Waals surface area contributed by atoms with Crippen molar-refractivity contribution in [1.29, 1.82) is 0 Å². The maximum absolute atomic E-state index is 13.3. The Balaban J connectivity index is 1.47. The number of hydrogen-bond donors (Lipinski definition) is 4. The Morgan fingerprint density at radius 1 is 0.565 bits per heavy atom. The van der Waals surface area contributed by atoms with Crippen LogP contribution in [0.5, 0.6) is 0 Å². The van der Waals surface area contributed by atoms with E-state index in [1.165, 1.54) is 35.7 Å². The van der Waals surface area contributed by atoms with Gasteiger partial charge in [0.25, 0.3) is 11.8 Å². The van der Waals surface area contributed by atoms with E-state index in [9.17, 15) is 35.9 Å². The van der Waals surface area contributed by atoms with Gasteiger partial charge in [-0.2, -0.15) is 26.3 Å². The summed E-state index contributed by atoms with van der Waals surface area (Å²) in [5, 5.41) is 5.26. The SMILES string of the molecule is NCCSc1ccc(C(F)(F)F)cc1C(=O)Nc1ccc(-c2ccc(NC(=O)c3cc(C(F)(F)F)ccc3SCCN)cc2)cc1. The Morgan fingerprint density at radius 2 is 0.913 bits per heavy atom. The number of anilines is 2. The minimum absolute atomic E-state index is 0.120. The van der Waals surface area contributed by atoms with Crippen LogP contribution in [0.15, 0.2) is 94.7 Å². The number of amides is 2. The summed E-state index contributed by atoms with van der Waals surface area (Å²) in [7, 11) is 0. The van der Waals surface area contributed by atoms with Crippen LogP contribution in [-0.4, -0.2) is 36.4 Å². The molecule has 0 saturated carbocycles. The monoisotopic (exact) mass is 678 g/mol. The van der Waals surface area contributed by atoms with E-state index in [1.807, 2.05) is 0 Å². The lowest BCUT2D eigenvalue weighted by atomic mass is 10.0. The average molecular weight is 679 g/mol. The Kier molecular flexibility index (Phi) is 11.4. The van der Waals surface area contributed by atoms with Crippen molar-refractivity contribution in [3.05, 3.63) is 107 Å². The molecule has 0 spiro atoms. The number of halogens is 6. The molecule has 0 aromatic heterocycles. The Morgan fingerprint density at radius 3 is 1.22 bits per heavy atom. The van der Waals surface area contributed by atoms with Crippen LogP contribution in [-0.2, 0) is 12.4 Å². The van der Waals surface area contributed by atoms with Crippen LogP contribution in [0.1, 0.15) is 31.8 Å². The van der Waals surface area contributed by atoms with Gasteiger partial charge >= 0.3 is 12.4 Å². The lowest BCUT2D eigenvalue weighted by molar-refractivity contribution is -0.138. The van der Waals surface area contributed by atoms with Gasteiger partial charge in [0.1, 0.15) is 0 Å². The zero-order valence-electron chi connectivity index (χ0n) is 24.0. The lowest BCUT2D eigenvalue weighted by Crippen LogP contribution is -2.16. The summed E-state index contributed by atoms with van der Waals surface area (Å²) < 4.78 is 79.8. The fraction of sp³-hybridized carbons (Fsp3) is 0.188. The summed E-state index contributed by atoms with van der Waals surface area (Å²) >= 11 is 2.37. The van der Waals surface area contributed by atoms with E-state index in [2.05, 4.69) is 10.6 Å². The molecule has 6 nitrogen and oxygen atoms in total. The molecule has 4 aromatic rings. The molecule has 4 rings (SSSR count). The molecule has 0 aliphatic rings. The second-order valence-electron chi connectivity index (χ2n) is 9.75. The van der Waals surface area contributed by atoms with Crippen molar-refractivity contribution in [2.45, 2.75) is 22.1 Å². The van der Waals surface area contributed by atoms with Crippen LogP contribution in [0.3, 0.4) is 0 Å². The number of carbonyl (C=O) groups is 2. The van der Waals surface area contributed by atoms with Gasteiger partial charge in [0.2, 0.25) is 0 Å². The summed E-state index contributed by atoms with van der Waals surface area (Å²) in [6.45, 7) is 0.569. The van der Waals surface area contributed by atoms with Crippen molar-refractivity contribution >= 4 is 46.7 Å². The summed E-state index contributed by atoms with van der Waals surface area (Å²) in [6, 6.07) is 19.2. The number of nitrogens with two attached hydrogens (primary N) is 2. The highest BCUT2D eigenvalue weighted by Crippen LogP contribution is 2.35. The molecule has 0 radical (unpaired) electrons. The molecule has 0 bridgehead atoms. The highest BCUT2D eigenvalue weighted by atomic mass is 32.2. The molecule has 0 atom stereocenters. The molecule has 46 heavy (non-hydrogen) atoms. The first-order valence-corrected chi connectivity index (χ1v) is 15.7. The Labute approximate surface area is 269 Å². The number of rotatable bonds is 11. The third-order valence-electron chi connectivity index (χ3n) is 6.47. The lowest BCUT2D eigenvalue weighted by Gasteiger charge is -2.14. The van der Waals surface area contributed by atoms with Gasteiger partial charge in [0.05, 0.1) is 22.3 Å². The van der Waals surface area contributed by atoms with Crippen molar-refractivity contribution in [2.75, 3.05) is 35.2 Å². The summed E-state index contributed by atoms with van der Waals surface area (Å²) in [5.41, 5.74) is 11.1. The van der Waals surface area contributed by atoms with Gasteiger partial charge in [-0.3, -0.25) is 9.59 Å². The second kappa shape index (κ2) is 15.1. The fourth-order valence-corrected chi connectivity index (χ4v) is 5.86. The number of nitrogens with one attached hydrogen (secondary N) is 2. The van der Waals surface area contributed by atoms with E-state index in [0.29, 0.717) is 32.7 Å². The molecule has 4 aromatic carbocycles. The molecule has 0 aliphatic heterocycles. The first-order valence-electron chi connectivity index (χ1n) is 13.7. The quantitative estimate of drug-likeness (QED) is 0.0946. The van der Waals surface area contributed by atoms with Crippen molar-refractivity contribution < 1.29 is 35.9 Å². The predicted octanol–water partition coefficient (Wildman–Crippen LogP) is 8.00. The molecule has 2 amide bonds. The van der Waals surface area contributed by atoms with Crippen LogP contribution in [0.4, 0.5) is 37.7 Å².